The topological polar surface area (TPSA) is 74.3 Å². The first-order valence-electron chi connectivity index (χ1n) is 10.3. The van der Waals surface area contributed by atoms with Crippen LogP contribution in [-0.2, 0) is 21.5 Å². The van der Waals surface area contributed by atoms with E-state index in [-0.39, 0.29) is 19.3 Å². The van der Waals surface area contributed by atoms with Gasteiger partial charge in [0.2, 0.25) is 12.7 Å². The van der Waals surface area contributed by atoms with Crippen LogP contribution in [0.25, 0.3) is 0 Å². The van der Waals surface area contributed by atoms with Gasteiger partial charge in [0.05, 0.1) is 19.2 Å². The molecule has 3 aliphatic heterocycles. The number of ether oxygens (including phenoxy) is 4. The number of hydrogen-bond acceptors (Lipinski definition) is 6. The number of nitrogens with zero attached hydrogens (tertiary/aromatic N) is 1. The summed E-state index contributed by atoms with van der Waals surface area (Å²) in [5.74, 6) is 1.45. The fraction of sp³-hybridized carbons (Fsp3) is 0.200. The molecule has 1 atom stereocenters. The lowest BCUT2D eigenvalue weighted by Gasteiger charge is -2.23. The summed E-state index contributed by atoms with van der Waals surface area (Å²) in [7, 11) is 1.35. The number of anilines is 1. The Kier molecular flexibility index (Phi) is 3.95. The maximum absolute atomic E-state index is 14.0. The summed E-state index contributed by atoms with van der Waals surface area (Å²) in [6, 6.07) is 18.6. The molecule has 0 saturated heterocycles. The molecule has 7 nitrogen and oxygen atoms in total. The molecule has 0 saturated carbocycles. The molecule has 7 heteroatoms. The highest BCUT2D eigenvalue weighted by Crippen LogP contribution is 2.55. The zero-order chi connectivity index (χ0) is 21.9. The molecule has 1 spiro atoms. The average Bonchev–Trinajstić information content (AvgIpc) is 3.50. The van der Waals surface area contributed by atoms with Crippen molar-refractivity contribution >= 4 is 17.6 Å². The van der Waals surface area contributed by atoms with Gasteiger partial charge < -0.3 is 23.8 Å². The predicted octanol–water partition coefficient (Wildman–Crippen LogP) is 3.43. The van der Waals surface area contributed by atoms with E-state index in [4.69, 9.17) is 18.9 Å². The summed E-state index contributed by atoms with van der Waals surface area (Å²) < 4.78 is 21.8. The van der Waals surface area contributed by atoms with Crippen molar-refractivity contribution in [3.63, 3.8) is 0 Å². The van der Waals surface area contributed by atoms with Crippen molar-refractivity contribution in [1.29, 1.82) is 0 Å². The number of carbonyl (C=O) groups is 2. The minimum Gasteiger partial charge on any atom is -0.491 e. The van der Waals surface area contributed by atoms with Crippen molar-refractivity contribution in [2.75, 3.05) is 25.4 Å². The molecule has 1 amide bonds. The number of methoxy groups -OCH3 is 1. The second-order valence-corrected chi connectivity index (χ2v) is 7.99. The highest BCUT2D eigenvalue weighted by atomic mass is 16.7. The van der Waals surface area contributed by atoms with Crippen LogP contribution in [0.15, 0.2) is 60.7 Å². The third-order valence-electron chi connectivity index (χ3n) is 6.36. The minimum absolute atomic E-state index is 0.0478. The van der Waals surface area contributed by atoms with E-state index in [2.05, 4.69) is 0 Å². The zero-order valence-electron chi connectivity index (χ0n) is 17.3. The molecule has 0 bridgehead atoms. The Labute approximate surface area is 184 Å². The predicted molar refractivity (Wildman–Crippen MR) is 114 cm³/mol. The van der Waals surface area contributed by atoms with E-state index in [0.717, 1.165) is 22.4 Å². The Bertz CT molecular complexity index is 1270. The third-order valence-corrected chi connectivity index (χ3v) is 6.36. The monoisotopic (exact) mass is 429 g/mol. The van der Waals surface area contributed by atoms with E-state index in [0.29, 0.717) is 29.4 Å². The minimum atomic E-state index is -0.932. The Balaban J connectivity index is 1.41. The molecular formula is C25H19NO6. The second kappa shape index (κ2) is 6.75. The first kappa shape index (κ1) is 18.7. The molecule has 0 aliphatic carbocycles. The number of fused-ring (bicyclic) bond motifs is 5. The largest absolute Gasteiger partial charge is 0.491 e. The maximum atomic E-state index is 14.0. The molecule has 0 radical (unpaired) electrons. The van der Waals surface area contributed by atoms with E-state index in [1.807, 2.05) is 42.5 Å². The van der Waals surface area contributed by atoms with Gasteiger partial charge in [-0.1, -0.05) is 30.3 Å². The Hall–Kier alpha value is -4.00. The molecule has 160 valence electrons. The zero-order valence-corrected chi connectivity index (χ0v) is 17.3. The molecule has 3 heterocycles. The highest BCUT2D eigenvalue weighted by Gasteiger charge is 2.57. The van der Waals surface area contributed by atoms with Crippen LogP contribution in [0.2, 0.25) is 0 Å². The van der Waals surface area contributed by atoms with Crippen molar-refractivity contribution in [2.45, 2.75) is 12.0 Å². The number of para-hydroxylation sites is 1. The first-order valence-corrected chi connectivity index (χ1v) is 10.3. The van der Waals surface area contributed by atoms with Crippen LogP contribution in [-0.4, -0.2) is 32.4 Å². The quantitative estimate of drug-likeness (QED) is 0.594. The van der Waals surface area contributed by atoms with Gasteiger partial charge in [-0.15, -0.1) is 0 Å². The Morgan fingerprint density at radius 1 is 0.969 bits per heavy atom. The van der Waals surface area contributed by atoms with Crippen molar-refractivity contribution < 1.29 is 28.5 Å². The lowest BCUT2D eigenvalue weighted by molar-refractivity contribution is -0.122. The lowest BCUT2D eigenvalue weighted by Crippen LogP contribution is -2.42. The van der Waals surface area contributed by atoms with Gasteiger partial charge in [-0.05, 0) is 35.4 Å². The number of rotatable bonds is 3. The van der Waals surface area contributed by atoms with Crippen molar-refractivity contribution in [3.8, 4) is 17.2 Å². The van der Waals surface area contributed by atoms with E-state index in [1.54, 1.807) is 23.1 Å². The highest BCUT2D eigenvalue weighted by molar-refractivity contribution is 6.11. The van der Waals surface area contributed by atoms with Gasteiger partial charge in [0.15, 0.2) is 11.5 Å². The summed E-state index contributed by atoms with van der Waals surface area (Å²) in [5, 5.41) is 0. The summed E-state index contributed by atoms with van der Waals surface area (Å²) in [6.45, 7) is 0.751. The average molecular weight is 429 g/mol. The van der Waals surface area contributed by atoms with Gasteiger partial charge in [0.25, 0.3) is 0 Å². The fourth-order valence-corrected chi connectivity index (χ4v) is 4.77. The fourth-order valence-electron chi connectivity index (χ4n) is 4.77. The smallest absolute Gasteiger partial charge is 0.337 e. The van der Waals surface area contributed by atoms with Crippen molar-refractivity contribution in [2.24, 2.45) is 0 Å². The van der Waals surface area contributed by atoms with Crippen LogP contribution in [0.3, 0.4) is 0 Å². The van der Waals surface area contributed by atoms with Gasteiger partial charge in [0.1, 0.15) is 17.8 Å². The van der Waals surface area contributed by atoms with Crippen LogP contribution in [0.1, 0.15) is 27.0 Å². The normalized spacial score (nSPS) is 19.7. The summed E-state index contributed by atoms with van der Waals surface area (Å²) in [5.41, 5.74) is 3.00. The Morgan fingerprint density at radius 3 is 2.50 bits per heavy atom. The van der Waals surface area contributed by atoms with Crippen LogP contribution in [0, 0.1) is 0 Å². The first-order chi connectivity index (χ1) is 15.6. The second-order valence-electron chi connectivity index (χ2n) is 7.99. The molecule has 6 rings (SSSR count). The lowest BCUT2D eigenvalue weighted by atomic mass is 9.77. The summed E-state index contributed by atoms with van der Waals surface area (Å²) in [6.07, 6.45) is 0. The number of esters is 1. The number of amides is 1. The van der Waals surface area contributed by atoms with Crippen LogP contribution >= 0.6 is 0 Å². The molecular weight excluding hydrogens is 410 g/mol. The van der Waals surface area contributed by atoms with Crippen LogP contribution in [0.4, 0.5) is 5.69 Å². The van der Waals surface area contributed by atoms with E-state index in [9.17, 15) is 9.59 Å². The SMILES string of the molecule is COC(=O)c1ccc(CN2C(=O)C3(COc4cc5c(cc43)OCO5)c3ccccc32)cc1. The van der Waals surface area contributed by atoms with E-state index < -0.39 is 11.4 Å². The molecule has 1 unspecified atom stereocenters. The molecule has 0 fully saturated rings. The van der Waals surface area contributed by atoms with Gasteiger partial charge >= 0.3 is 5.97 Å². The molecule has 32 heavy (non-hydrogen) atoms. The van der Waals surface area contributed by atoms with Crippen molar-refractivity contribution in [3.05, 3.63) is 82.9 Å². The van der Waals surface area contributed by atoms with Crippen LogP contribution < -0.4 is 19.1 Å². The summed E-state index contributed by atoms with van der Waals surface area (Å²) >= 11 is 0. The molecule has 3 aromatic rings. The standard InChI is InChI=1S/C25H19NO6/c1-29-23(27)16-8-6-15(7-9-16)12-26-19-5-3-2-4-17(19)25(24(26)28)13-30-20-11-22-21(10-18(20)25)31-14-32-22/h2-11H,12-14H2,1H3. The molecule has 3 aromatic carbocycles. The van der Waals surface area contributed by atoms with Gasteiger partial charge in [-0.25, -0.2) is 4.79 Å². The number of carbonyl (C=O) groups excluding carboxylic acids is 2. The molecule has 0 aromatic heterocycles. The van der Waals surface area contributed by atoms with Gasteiger partial charge in [0, 0.05) is 17.3 Å². The molecule has 3 aliphatic rings. The van der Waals surface area contributed by atoms with Crippen LogP contribution in [0.5, 0.6) is 17.2 Å². The number of hydrogen-bond donors (Lipinski definition) is 0. The van der Waals surface area contributed by atoms with Gasteiger partial charge in [-0.3, -0.25) is 4.79 Å². The molecule has 0 N–H and O–H groups in total. The van der Waals surface area contributed by atoms with Crippen molar-refractivity contribution in [1.82, 2.24) is 0 Å². The van der Waals surface area contributed by atoms with E-state index >= 15 is 0 Å². The number of benzene rings is 3. The van der Waals surface area contributed by atoms with Gasteiger partial charge in [-0.2, -0.15) is 0 Å². The third kappa shape index (κ3) is 2.48. The summed E-state index contributed by atoms with van der Waals surface area (Å²) in [4.78, 5) is 27.5. The maximum Gasteiger partial charge on any atom is 0.337 e. The Morgan fingerprint density at radius 2 is 1.72 bits per heavy atom. The van der Waals surface area contributed by atoms with E-state index in [1.165, 1.54) is 7.11 Å².